The minimum atomic E-state index is 0.475. The van der Waals surface area contributed by atoms with Crippen LogP contribution in [-0.2, 0) is 0 Å². The standard InChI is InChI=1S/C8H12BN/c1-4-8-6-5-7-10(3)9(8)2/h4-7H,1H2,2-3H3. The molecule has 0 saturated heterocycles. The molecule has 0 unspecified atom stereocenters. The van der Waals surface area contributed by atoms with E-state index in [1.807, 2.05) is 12.2 Å². The molecule has 10 heavy (non-hydrogen) atoms. The van der Waals surface area contributed by atoms with Gasteiger partial charge in [0.1, 0.15) is 0 Å². The van der Waals surface area contributed by atoms with Crippen LogP contribution in [0, 0.1) is 0 Å². The number of allylic oxidation sites excluding steroid dienone is 4. The lowest BCUT2D eigenvalue weighted by Gasteiger charge is -2.23. The molecule has 0 atom stereocenters. The fourth-order valence-electron chi connectivity index (χ4n) is 1.03. The zero-order valence-electron chi connectivity index (χ0n) is 6.54. The summed E-state index contributed by atoms with van der Waals surface area (Å²) in [7, 11) is 2.07. The highest BCUT2D eigenvalue weighted by molar-refractivity contribution is 6.64. The van der Waals surface area contributed by atoms with Crippen LogP contribution >= 0.6 is 0 Å². The van der Waals surface area contributed by atoms with Gasteiger partial charge in [-0.15, -0.1) is 0 Å². The SMILES string of the molecule is C=CC1=CC=CN(C)B1C. The zero-order chi connectivity index (χ0) is 7.56. The first kappa shape index (κ1) is 7.20. The molecule has 2 heteroatoms. The van der Waals surface area contributed by atoms with Crippen LogP contribution in [0.4, 0.5) is 0 Å². The average molecular weight is 133 g/mol. The Bertz CT molecular complexity index is 193. The van der Waals surface area contributed by atoms with Gasteiger partial charge in [0.25, 0.3) is 6.85 Å². The van der Waals surface area contributed by atoms with E-state index in [1.165, 1.54) is 5.47 Å². The Morgan fingerprint density at radius 2 is 2.40 bits per heavy atom. The molecule has 0 bridgehead atoms. The van der Waals surface area contributed by atoms with Gasteiger partial charge in [-0.3, -0.25) is 0 Å². The van der Waals surface area contributed by atoms with Gasteiger partial charge < -0.3 is 4.81 Å². The third kappa shape index (κ3) is 1.15. The Hall–Kier alpha value is -0.915. The van der Waals surface area contributed by atoms with E-state index < -0.39 is 0 Å². The molecule has 1 rings (SSSR count). The fourth-order valence-corrected chi connectivity index (χ4v) is 1.03. The van der Waals surface area contributed by atoms with Crippen molar-refractivity contribution < 1.29 is 0 Å². The lowest BCUT2D eigenvalue weighted by atomic mass is 9.55. The van der Waals surface area contributed by atoms with E-state index in [1.54, 1.807) is 0 Å². The Balaban J connectivity index is 2.81. The van der Waals surface area contributed by atoms with Crippen LogP contribution in [0.25, 0.3) is 0 Å². The third-order valence-electron chi connectivity index (χ3n) is 1.94. The van der Waals surface area contributed by atoms with Crippen LogP contribution in [0.3, 0.4) is 0 Å². The first-order valence-electron chi connectivity index (χ1n) is 3.48. The quantitative estimate of drug-likeness (QED) is 0.492. The van der Waals surface area contributed by atoms with Crippen LogP contribution in [0.15, 0.2) is 36.5 Å². The molecule has 0 amide bonds. The van der Waals surface area contributed by atoms with Gasteiger partial charge in [0.2, 0.25) is 0 Å². The summed E-state index contributed by atoms with van der Waals surface area (Å²) in [6.45, 7) is 6.38. The van der Waals surface area contributed by atoms with E-state index in [9.17, 15) is 0 Å². The zero-order valence-corrected chi connectivity index (χ0v) is 6.54. The molecule has 0 aromatic carbocycles. The molecule has 0 saturated carbocycles. The van der Waals surface area contributed by atoms with Gasteiger partial charge in [0.15, 0.2) is 0 Å². The van der Waals surface area contributed by atoms with Gasteiger partial charge in [-0.25, -0.2) is 0 Å². The van der Waals surface area contributed by atoms with Crippen molar-refractivity contribution in [1.29, 1.82) is 0 Å². The molecule has 0 N–H and O–H groups in total. The van der Waals surface area contributed by atoms with Gasteiger partial charge in [-0.1, -0.05) is 31.0 Å². The number of rotatable bonds is 1. The molecular formula is C8H12BN. The summed E-state index contributed by atoms with van der Waals surface area (Å²) in [5.41, 5.74) is 1.28. The van der Waals surface area contributed by atoms with Crippen LogP contribution in [0.5, 0.6) is 0 Å². The molecule has 0 aromatic heterocycles. The molecule has 0 fully saturated rings. The number of hydrogen-bond acceptors (Lipinski definition) is 1. The second-order valence-electron chi connectivity index (χ2n) is 2.55. The van der Waals surface area contributed by atoms with Crippen molar-refractivity contribution >= 4 is 6.85 Å². The molecule has 0 aromatic rings. The van der Waals surface area contributed by atoms with Crippen molar-refractivity contribution in [2.75, 3.05) is 7.05 Å². The smallest absolute Gasteiger partial charge is 0.284 e. The normalized spacial score (nSPS) is 17.2. The minimum absolute atomic E-state index is 0.475. The molecule has 0 spiro atoms. The van der Waals surface area contributed by atoms with Crippen molar-refractivity contribution in [2.45, 2.75) is 6.82 Å². The maximum absolute atomic E-state index is 3.74. The predicted octanol–water partition coefficient (Wildman–Crippen LogP) is 1.72. The van der Waals surface area contributed by atoms with Gasteiger partial charge in [-0.05, 0) is 19.3 Å². The Morgan fingerprint density at radius 1 is 1.70 bits per heavy atom. The molecular weight excluding hydrogens is 121 g/mol. The van der Waals surface area contributed by atoms with Gasteiger partial charge in [0, 0.05) is 0 Å². The van der Waals surface area contributed by atoms with E-state index in [-0.39, 0.29) is 0 Å². The van der Waals surface area contributed by atoms with Crippen LogP contribution < -0.4 is 0 Å². The van der Waals surface area contributed by atoms with Crippen LogP contribution in [0.2, 0.25) is 6.82 Å². The lowest BCUT2D eigenvalue weighted by Crippen LogP contribution is -2.31. The maximum Gasteiger partial charge on any atom is 0.284 e. The molecule has 1 aliphatic heterocycles. The van der Waals surface area contributed by atoms with Crippen LogP contribution in [-0.4, -0.2) is 18.7 Å². The summed E-state index contributed by atoms with van der Waals surface area (Å²) >= 11 is 0. The molecule has 1 heterocycles. The molecule has 1 nitrogen and oxygen atoms in total. The first-order valence-corrected chi connectivity index (χ1v) is 3.48. The Labute approximate surface area is 62.8 Å². The van der Waals surface area contributed by atoms with E-state index in [4.69, 9.17) is 0 Å². The van der Waals surface area contributed by atoms with Crippen molar-refractivity contribution in [1.82, 2.24) is 4.81 Å². The largest absolute Gasteiger partial charge is 0.420 e. The monoisotopic (exact) mass is 133 g/mol. The summed E-state index contributed by atoms with van der Waals surface area (Å²) < 4.78 is 0. The van der Waals surface area contributed by atoms with Gasteiger partial charge >= 0.3 is 0 Å². The van der Waals surface area contributed by atoms with Crippen molar-refractivity contribution in [3.8, 4) is 0 Å². The van der Waals surface area contributed by atoms with Gasteiger partial charge in [0.05, 0.1) is 0 Å². The van der Waals surface area contributed by atoms with Gasteiger partial charge in [-0.2, -0.15) is 0 Å². The molecule has 0 radical (unpaired) electrons. The van der Waals surface area contributed by atoms with Crippen molar-refractivity contribution in [2.24, 2.45) is 0 Å². The summed E-state index contributed by atoms with van der Waals surface area (Å²) in [6, 6.07) is 0. The Morgan fingerprint density at radius 3 is 2.90 bits per heavy atom. The highest BCUT2D eigenvalue weighted by atomic mass is 15.0. The van der Waals surface area contributed by atoms with Crippen molar-refractivity contribution in [3.63, 3.8) is 0 Å². The third-order valence-corrected chi connectivity index (χ3v) is 1.94. The highest BCUT2D eigenvalue weighted by Gasteiger charge is 2.15. The maximum atomic E-state index is 3.74. The molecule has 52 valence electrons. The minimum Gasteiger partial charge on any atom is -0.420 e. The molecule has 0 aliphatic carbocycles. The predicted molar refractivity (Wildman–Crippen MR) is 46.8 cm³/mol. The van der Waals surface area contributed by atoms with Crippen molar-refractivity contribution in [3.05, 3.63) is 36.5 Å². The van der Waals surface area contributed by atoms with E-state index >= 15 is 0 Å². The topological polar surface area (TPSA) is 3.24 Å². The van der Waals surface area contributed by atoms with E-state index in [0.717, 1.165) is 0 Å². The average Bonchev–Trinajstić information content (AvgIpc) is 1.95. The van der Waals surface area contributed by atoms with E-state index in [0.29, 0.717) is 6.85 Å². The number of nitrogens with zero attached hydrogens (tertiary/aromatic N) is 1. The van der Waals surface area contributed by atoms with E-state index in [2.05, 4.69) is 37.5 Å². The summed E-state index contributed by atoms with van der Waals surface area (Å²) in [4.78, 5) is 2.16. The second kappa shape index (κ2) is 2.78. The second-order valence-corrected chi connectivity index (χ2v) is 2.55. The number of hydrogen-bond donors (Lipinski definition) is 0. The summed E-state index contributed by atoms with van der Waals surface area (Å²) in [6.07, 6.45) is 8.11. The first-order chi connectivity index (χ1) is 4.75. The summed E-state index contributed by atoms with van der Waals surface area (Å²) in [5.74, 6) is 0. The fraction of sp³-hybridized carbons (Fsp3) is 0.250. The highest BCUT2D eigenvalue weighted by Crippen LogP contribution is 2.10. The lowest BCUT2D eigenvalue weighted by molar-refractivity contribution is 0.713. The summed E-state index contributed by atoms with van der Waals surface area (Å²) in [5, 5.41) is 0. The van der Waals surface area contributed by atoms with Crippen LogP contribution in [0.1, 0.15) is 0 Å². The molecule has 1 aliphatic rings. The Kier molecular flexibility index (Phi) is 2.00.